The average molecular weight is 330 g/mol. The van der Waals surface area contributed by atoms with E-state index in [1.54, 1.807) is 24.0 Å². The maximum atomic E-state index is 12.6. The maximum Gasteiger partial charge on any atom is 0.276 e. The van der Waals surface area contributed by atoms with Gasteiger partial charge in [0.05, 0.1) is 16.3 Å². The first-order valence-corrected chi connectivity index (χ1v) is 7.62. The number of nitro groups is 1. The fourth-order valence-corrected chi connectivity index (χ4v) is 2.67. The number of hydrogen-bond donors (Lipinski definition) is 0. The van der Waals surface area contributed by atoms with Crippen LogP contribution in [0.25, 0.3) is 5.69 Å². The molecule has 24 heavy (non-hydrogen) atoms. The van der Waals surface area contributed by atoms with Gasteiger partial charge in [-0.25, -0.2) is 4.68 Å². The van der Waals surface area contributed by atoms with Crippen LogP contribution in [0, 0.1) is 17.0 Å². The van der Waals surface area contributed by atoms with Crippen molar-refractivity contribution in [3.8, 4) is 5.69 Å². The number of non-ortho nitro benzene ring substituents is 1. The van der Waals surface area contributed by atoms with Gasteiger partial charge in [0.25, 0.3) is 11.6 Å². The van der Waals surface area contributed by atoms with Crippen molar-refractivity contribution in [2.45, 2.75) is 6.92 Å². The molecule has 1 aromatic carbocycles. The molecule has 1 aliphatic heterocycles. The molecule has 1 amide bonds. The zero-order valence-electron chi connectivity index (χ0n) is 13.5. The Kier molecular flexibility index (Phi) is 4.26. The quantitative estimate of drug-likeness (QED) is 0.612. The van der Waals surface area contributed by atoms with Crippen molar-refractivity contribution in [3.05, 3.63) is 45.8 Å². The summed E-state index contributed by atoms with van der Waals surface area (Å²) in [5.41, 5.74) is 1.33. The summed E-state index contributed by atoms with van der Waals surface area (Å²) >= 11 is 0. The Bertz CT molecular complexity index is 779. The van der Waals surface area contributed by atoms with Crippen LogP contribution >= 0.6 is 0 Å². The lowest BCUT2D eigenvalue weighted by Gasteiger charge is -2.31. The number of rotatable bonds is 3. The monoisotopic (exact) mass is 330 g/mol. The third kappa shape index (κ3) is 2.98. The summed E-state index contributed by atoms with van der Waals surface area (Å²) < 4.78 is 1.45. The molecule has 9 nitrogen and oxygen atoms in total. The summed E-state index contributed by atoms with van der Waals surface area (Å²) in [5, 5.41) is 18.9. The summed E-state index contributed by atoms with van der Waals surface area (Å²) in [6.07, 6.45) is 0. The smallest absolute Gasteiger partial charge is 0.276 e. The van der Waals surface area contributed by atoms with Crippen LogP contribution in [0.5, 0.6) is 0 Å². The van der Waals surface area contributed by atoms with E-state index in [4.69, 9.17) is 0 Å². The highest BCUT2D eigenvalue weighted by Crippen LogP contribution is 2.19. The second-order valence-electron chi connectivity index (χ2n) is 5.81. The molecule has 2 heterocycles. The zero-order chi connectivity index (χ0) is 17.3. The van der Waals surface area contributed by atoms with E-state index in [1.807, 2.05) is 7.05 Å². The highest BCUT2D eigenvalue weighted by molar-refractivity contribution is 5.93. The number of carbonyl (C=O) groups excluding carboxylic acids is 1. The number of hydrogen-bond acceptors (Lipinski definition) is 6. The highest BCUT2D eigenvalue weighted by Gasteiger charge is 2.25. The lowest BCUT2D eigenvalue weighted by atomic mass is 10.2. The number of aromatic nitrogens is 3. The van der Waals surface area contributed by atoms with E-state index in [-0.39, 0.29) is 17.3 Å². The molecule has 0 spiro atoms. The highest BCUT2D eigenvalue weighted by atomic mass is 16.6. The van der Waals surface area contributed by atoms with Gasteiger partial charge in [-0.3, -0.25) is 14.9 Å². The van der Waals surface area contributed by atoms with Crippen LogP contribution in [-0.4, -0.2) is 68.9 Å². The molecule has 0 saturated carbocycles. The summed E-state index contributed by atoms with van der Waals surface area (Å²) in [6.45, 7) is 4.69. The Labute approximate surface area is 138 Å². The fraction of sp³-hybridized carbons (Fsp3) is 0.400. The van der Waals surface area contributed by atoms with Gasteiger partial charge in [0.2, 0.25) is 0 Å². The molecule has 126 valence electrons. The SMILES string of the molecule is Cc1c(C(=O)N2CCN(C)CC2)nnn1-c1cccc([N+](=O)[O-])c1. The third-order valence-electron chi connectivity index (χ3n) is 4.17. The first-order chi connectivity index (χ1) is 11.5. The normalized spacial score (nSPS) is 15.5. The van der Waals surface area contributed by atoms with Crippen LogP contribution < -0.4 is 0 Å². The molecular formula is C15H18N6O3. The van der Waals surface area contributed by atoms with E-state index < -0.39 is 4.92 Å². The summed E-state index contributed by atoms with van der Waals surface area (Å²) in [7, 11) is 2.02. The zero-order valence-corrected chi connectivity index (χ0v) is 13.5. The molecule has 0 atom stereocenters. The number of benzene rings is 1. The summed E-state index contributed by atoms with van der Waals surface area (Å²) in [6, 6.07) is 6.09. The summed E-state index contributed by atoms with van der Waals surface area (Å²) in [5.74, 6) is -0.155. The van der Waals surface area contributed by atoms with E-state index in [1.165, 1.54) is 16.8 Å². The van der Waals surface area contributed by atoms with Crippen molar-refractivity contribution < 1.29 is 9.72 Å². The van der Waals surface area contributed by atoms with Gasteiger partial charge < -0.3 is 9.80 Å². The number of nitrogens with zero attached hydrogens (tertiary/aromatic N) is 6. The number of likely N-dealkylation sites (N-methyl/N-ethyl adjacent to an activating group) is 1. The van der Waals surface area contributed by atoms with Crippen LogP contribution in [0.3, 0.4) is 0 Å². The van der Waals surface area contributed by atoms with Gasteiger partial charge in [0, 0.05) is 38.3 Å². The molecule has 0 radical (unpaired) electrons. The van der Waals surface area contributed by atoms with Crippen LogP contribution in [-0.2, 0) is 0 Å². The van der Waals surface area contributed by atoms with Crippen LogP contribution in [0.4, 0.5) is 5.69 Å². The molecule has 0 bridgehead atoms. The number of piperazine rings is 1. The molecule has 9 heteroatoms. The van der Waals surface area contributed by atoms with Crippen molar-refractivity contribution in [1.82, 2.24) is 24.8 Å². The van der Waals surface area contributed by atoms with E-state index >= 15 is 0 Å². The Morgan fingerprint density at radius 3 is 2.62 bits per heavy atom. The molecule has 3 rings (SSSR count). The van der Waals surface area contributed by atoms with Gasteiger partial charge in [-0.05, 0) is 20.0 Å². The topological polar surface area (TPSA) is 97.4 Å². The Morgan fingerprint density at radius 1 is 1.25 bits per heavy atom. The molecule has 0 N–H and O–H groups in total. The summed E-state index contributed by atoms with van der Waals surface area (Å²) in [4.78, 5) is 27.0. The van der Waals surface area contributed by atoms with Gasteiger partial charge in [-0.15, -0.1) is 5.10 Å². The Morgan fingerprint density at radius 2 is 1.96 bits per heavy atom. The average Bonchev–Trinajstić information content (AvgIpc) is 2.96. The van der Waals surface area contributed by atoms with Crippen LogP contribution in [0.2, 0.25) is 0 Å². The first-order valence-electron chi connectivity index (χ1n) is 7.62. The van der Waals surface area contributed by atoms with Gasteiger partial charge in [0.1, 0.15) is 0 Å². The molecule has 0 unspecified atom stereocenters. The molecule has 1 saturated heterocycles. The molecule has 1 fully saturated rings. The molecule has 1 aromatic heterocycles. The number of carbonyl (C=O) groups is 1. The lowest BCUT2D eigenvalue weighted by Crippen LogP contribution is -2.47. The second-order valence-corrected chi connectivity index (χ2v) is 5.81. The van der Waals surface area contributed by atoms with Gasteiger partial charge in [0.15, 0.2) is 5.69 Å². The third-order valence-corrected chi connectivity index (χ3v) is 4.17. The maximum absolute atomic E-state index is 12.6. The van der Waals surface area contributed by atoms with Crippen LogP contribution in [0.1, 0.15) is 16.2 Å². The minimum atomic E-state index is -0.466. The minimum absolute atomic E-state index is 0.0330. The van der Waals surface area contributed by atoms with E-state index in [0.29, 0.717) is 24.5 Å². The molecule has 1 aliphatic rings. The first kappa shape index (κ1) is 16.1. The molecule has 2 aromatic rings. The van der Waals surface area contributed by atoms with Gasteiger partial charge in [-0.1, -0.05) is 11.3 Å². The van der Waals surface area contributed by atoms with E-state index in [9.17, 15) is 14.9 Å². The van der Waals surface area contributed by atoms with Crippen molar-refractivity contribution >= 4 is 11.6 Å². The lowest BCUT2D eigenvalue weighted by molar-refractivity contribution is -0.384. The van der Waals surface area contributed by atoms with Crippen LogP contribution in [0.15, 0.2) is 24.3 Å². The molecule has 0 aliphatic carbocycles. The van der Waals surface area contributed by atoms with E-state index in [0.717, 1.165) is 13.1 Å². The Balaban J connectivity index is 1.87. The predicted molar refractivity (Wildman–Crippen MR) is 86.2 cm³/mol. The largest absolute Gasteiger partial charge is 0.335 e. The second kappa shape index (κ2) is 6.36. The van der Waals surface area contributed by atoms with Crippen molar-refractivity contribution in [2.24, 2.45) is 0 Å². The fourth-order valence-electron chi connectivity index (χ4n) is 2.67. The van der Waals surface area contributed by atoms with E-state index in [2.05, 4.69) is 15.2 Å². The van der Waals surface area contributed by atoms with Crippen molar-refractivity contribution in [1.29, 1.82) is 0 Å². The minimum Gasteiger partial charge on any atom is -0.335 e. The Hall–Kier alpha value is -2.81. The standard InChI is InChI=1S/C15H18N6O3/c1-11-14(15(22)19-8-6-18(2)7-9-19)16-17-20(11)12-4-3-5-13(10-12)21(23)24/h3-5,10H,6-9H2,1-2H3. The number of amides is 1. The van der Waals surface area contributed by atoms with Gasteiger partial charge in [-0.2, -0.15) is 0 Å². The predicted octanol–water partition coefficient (Wildman–Crippen LogP) is 0.872. The van der Waals surface area contributed by atoms with Crippen molar-refractivity contribution in [2.75, 3.05) is 33.2 Å². The molecular weight excluding hydrogens is 312 g/mol. The van der Waals surface area contributed by atoms with Gasteiger partial charge >= 0.3 is 0 Å². The van der Waals surface area contributed by atoms with Crippen molar-refractivity contribution in [3.63, 3.8) is 0 Å². The number of nitro benzene ring substituents is 1.